The maximum Gasteiger partial charge on any atom is 0.108 e. The van der Waals surface area contributed by atoms with E-state index in [4.69, 9.17) is 5.11 Å². The van der Waals surface area contributed by atoms with E-state index in [0.29, 0.717) is 0 Å². The van der Waals surface area contributed by atoms with Gasteiger partial charge in [-0.2, -0.15) is 0 Å². The van der Waals surface area contributed by atoms with Crippen LogP contribution in [0.1, 0.15) is 11.9 Å². The summed E-state index contributed by atoms with van der Waals surface area (Å²) in [6, 6.07) is 8.33. The Labute approximate surface area is 99.4 Å². The van der Waals surface area contributed by atoms with Gasteiger partial charge in [0.15, 0.2) is 0 Å². The van der Waals surface area contributed by atoms with Gasteiger partial charge in [-0.1, -0.05) is 12.1 Å². The van der Waals surface area contributed by atoms with Gasteiger partial charge in [-0.05, 0) is 26.1 Å². The van der Waals surface area contributed by atoms with Crippen molar-refractivity contribution in [1.29, 1.82) is 0 Å². The SMILES string of the molecule is CC(CO)N(C)Cc1nc2ccccc2s1. The summed E-state index contributed by atoms with van der Waals surface area (Å²) in [5, 5.41) is 10.2. The topological polar surface area (TPSA) is 36.4 Å². The van der Waals surface area contributed by atoms with Gasteiger partial charge in [-0.15, -0.1) is 11.3 Å². The summed E-state index contributed by atoms with van der Waals surface area (Å²) in [5.41, 5.74) is 1.06. The van der Waals surface area contributed by atoms with Crippen LogP contribution in [-0.4, -0.2) is 34.7 Å². The first-order chi connectivity index (χ1) is 7.70. The number of aliphatic hydroxyl groups is 1. The van der Waals surface area contributed by atoms with Crippen LogP contribution in [0.25, 0.3) is 10.2 Å². The van der Waals surface area contributed by atoms with Crippen LogP contribution in [0.5, 0.6) is 0 Å². The minimum Gasteiger partial charge on any atom is -0.395 e. The lowest BCUT2D eigenvalue weighted by Crippen LogP contribution is -2.31. The summed E-state index contributed by atoms with van der Waals surface area (Å²) in [5.74, 6) is 0. The fourth-order valence-electron chi connectivity index (χ4n) is 1.50. The van der Waals surface area contributed by atoms with E-state index in [2.05, 4.69) is 16.0 Å². The second kappa shape index (κ2) is 4.91. The fraction of sp³-hybridized carbons (Fsp3) is 0.417. The molecule has 2 aromatic rings. The molecule has 3 nitrogen and oxygen atoms in total. The quantitative estimate of drug-likeness (QED) is 0.883. The molecule has 0 saturated heterocycles. The zero-order valence-electron chi connectivity index (χ0n) is 9.55. The zero-order valence-corrected chi connectivity index (χ0v) is 10.4. The molecule has 0 aliphatic carbocycles. The van der Waals surface area contributed by atoms with Crippen molar-refractivity contribution in [2.24, 2.45) is 0 Å². The van der Waals surface area contributed by atoms with Crippen LogP contribution in [0.2, 0.25) is 0 Å². The lowest BCUT2D eigenvalue weighted by atomic mass is 10.3. The molecule has 0 fully saturated rings. The van der Waals surface area contributed by atoms with Crippen molar-refractivity contribution in [3.63, 3.8) is 0 Å². The van der Waals surface area contributed by atoms with Crippen LogP contribution in [0.15, 0.2) is 24.3 Å². The maximum atomic E-state index is 9.06. The third-order valence-corrected chi connectivity index (χ3v) is 3.76. The van der Waals surface area contributed by atoms with E-state index in [1.54, 1.807) is 11.3 Å². The number of benzene rings is 1. The Balaban J connectivity index is 2.15. The molecule has 1 N–H and O–H groups in total. The molecule has 0 bridgehead atoms. The molecule has 0 saturated carbocycles. The Morgan fingerprint density at radius 1 is 1.44 bits per heavy atom. The molecule has 86 valence electrons. The van der Waals surface area contributed by atoms with Crippen molar-refractivity contribution < 1.29 is 5.11 Å². The van der Waals surface area contributed by atoms with E-state index in [0.717, 1.165) is 17.1 Å². The van der Waals surface area contributed by atoms with Gasteiger partial charge in [0.25, 0.3) is 0 Å². The average molecular weight is 236 g/mol. The Morgan fingerprint density at radius 2 is 2.19 bits per heavy atom. The van der Waals surface area contributed by atoms with E-state index in [1.165, 1.54) is 4.70 Å². The van der Waals surface area contributed by atoms with Crippen LogP contribution in [0, 0.1) is 0 Å². The van der Waals surface area contributed by atoms with Gasteiger partial charge in [0, 0.05) is 6.04 Å². The minimum absolute atomic E-state index is 0.173. The molecule has 0 amide bonds. The molecule has 0 aliphatic rings. The summed E-state index contributed by atoms with van der Waals surface area (Å²) in [6.45, 7) is 2.98. The number of nitrogens with zero attached hydrogens (tertiary/aromatic N) is 2. The van der Waals surface area contributed by atoms with Gasteiger partial charge in [-0.25, -0.2) is 4.98 Å². The maximum absolute atomic E-state index is 9.06. The van der Waals surface area contributed by atoms with Gasteiger partial charge in [0.1, 0.15) is 5.01 Å². The van der Waals surface area contributed by atoms with Crippen molar-refractivity contribution in [2.45, 2.75) is 19.5 Å². The number of hydrogen-bond acceptors (Lipinski definition) is 4. The average Bonchev–Trinajstić information content (AvgIpc) is 2.69. The van der Waals surface area contributed by atoms with Crippen LogP contribution >= 0.6 is 11.3 Å². The van der Waals surface area contributed by atoms with E-state index in [9.17, 15) is 0 Å². The minimum atomic E-state index is 0.173. The van der Waals surface area contributed by atoms with Gasteiger partial charge < -0.3 is 5.11 Å². The molecule has 1 atom stereocenters. The highest BCUT2D eigenvalue weighted by atomic mass is 32.1. The van der Waals surface area contributed by atoms with Crippen molar-refractivity contribution in [1.82, 2.24) is 9.88 Å². The lowest BCUT2D eigenvalue weighted by molar-refractivity contribution is 0.154. The van der Waals surface area contributed by atoms with E-state index >= 15 is 0 Å². The number of hydrogen-bond donors (Lipinski definition) is 1. The predicted octanol–water partition coefficient (Wildman–Crippen LogP) is 2.11. The van der Waals surface area contributed by atoms with Crippen LogP contribution in [0.3, 0.4) is 0 Å². The van der Waals surface area contributed by atoms with Crippen LogP contribution in [0.4, 0.5) is 0 Å². The Morgan fingerprint density at radius 3 is 2.88 bits per heavy atom. The summed E-state index contributed by atoms with van der Waals surface area (Å²) < 4.78 is 1.22. The summed E-state index contributed by atoms with van der Waals surface area (Å²) >= 11 is 1.72. The molecule has 0 spiro atoms. The highest BCUT2D eigenvalue weighted by molar-refractivity contribution is 7.18. The second-order valence-electron chi connectivity index (χ2n) is 4.02. The number of aromatic nitrogens is 1. The summed E-state index contributed by atoms with van der Waals surface area (Å²) in [7, 11) is 2.01. The number of fused-ring (bicyclic) bond motifs is 1. The summed E-state index contributed by atoms with van der Waals surface area (Å²) in [4.78, 5) is 6.67. The summed E-state index contributed by atoms with van der Waals surface area (Å²) in [6.07, 6.45) is 0. The standard InChI is InChI=1S/C12H16N2OS/c1-9(8-15)14(2)7-12-13-10-5-3-4-6-11(10)16-12/h3-6,9,15H,7-8H2,1-2H3. The highest BCUT2D eigenvalue weighted by Crippen LogP contribution is 2.22. The van der Waals surface area contributed by atoms with E-state index in [1.807, 2.05) is 32.2 Å². The third kappa shape index (κ3) is 2.40. The second-order valence-corrected chi connectivity index (χ2v) is 5.14. The number of thiazole rings is 1. The molecule has 1 aromatic carbocycles. The molecule has 1 aromatic heterocycles. The zero-order chi connectivity index (χ0) is 11.5. The molecule has 1 unspecified atom stereocenters. The highest BCUT2D eigenvalue weighted by Gasteiger charge is 2.11. The van der Waals surface area contributed by atoms with Gasteiger partial charge in [0.2, 0.25) is 0 Å². The van der Waals surface area contributed by atoms with Crippen LogP contribution < -0.4 is 0 Å². The molecular weight excluding hydrogens is 220 g/mol. The first-order valence-corrected chi connectivity index (χ1v) is 6.18. The predicted molar refractivity (Wildman–Crippen MR) is 67.6 cm³/mol. The normalized spacial score (nSPS) is 13.5. The smallest absolute Gasteiger partial charge is 0.108 e. The lowest BCUT2D eigenvalue weighted by Gasteiger charge is -2.21. The fourth-order valence-corrected chi connectivity index (χ4v) is 2.53. The number of para-hydroxylation sites is 1. The van der Waals surface area contributed by atoms with E-state index in [-0.39, 0.29) is 12.6 Å². The molecule has 4 heteroatoms. The van der Waals surface area contributed by atoms with E-state index < -0.39 is 0 Å². The third-order valence-electron chi connectivity index (χ3n) is 2.74. The monoisotopic (exact) mass is 236 g/mol. The van der Waals surface area contributed by atoms with Crippen molar-refractivity contribution in [3.05, 3.63) is 29.3 Å². The van der Waals surface area contributed by atoms with Crippen LogP contribution in [-0.2, 0) is 6.54 Å². The van der Waals surface area contributed by atoms with Gasteiger partial charge >= 0.3 is 0 Å². The largest absolute Gasteiger partial charge is 0.395 e. The first kappa shape index (κ1) is 11.5. The van der Waals surface area contributed by atoms with Crippen molar-refractivity contribution in [3.8, 4) is 0 Å². The van der Waals surface area contributed by atoms with Gasteiger partial charge in [-0.3, -0.25) is 4.90 Å². The molecule has 16 heavy (non-hydrogen) atoms. The first-order valence-electron chi connectivity index (χ1n) is 5.36. The molecule has 0 aliphatic heterocycles. The number of aliphatic hydroxyl groups excluding tert-OH is 1. The van der Waals surface area contributed by atoms with Crippen molar-refractivity contribution in [2.75, 3.05) is 13.7 Å². The molecular formula is C12H16N2OS. The molecule has 1 heterocycles. The Hall–Kier alpha value is -0.970. The van der Waals surface area contributed by atoms with Crippen molar-refractivity contribution >= 4 is 21.6 Å². The Bertz CT molecular complexity index is 436. The molecule has 2 rings (SSSR count). The number of likely N-dealkylation sites (N-methyl/N-ethyl adjacent to an activating group) is 1. The number of rotatable bonds is 4. The van der Waals surface area contributed by atoms with Gasteiger partial charge in [0.05, 0.1) is 23.4 Å². The molecule has 0 radical (unpaired) electrons. The Kier molecular flexibility index (Phi) is 3.53.